The number of hydrogen-bond acceptors (Lipinski definition) is 4. The molecule has 0 bridgehead atoms. The molecule has 2 saturated heterocycles. The minimum absolute atomic E-state index is 0.166. The lowest BCUT2D eigenvalue weighted by molar-refractivity contribution is -0.127. The van der Waals surface area contributed by atoms with Crippen LogP contribution in [0.4, 0.5) is 16.2 Å². The smallest absolute Gasteiger partial charge is 0.329 e. The summed E-state index contributed by atoms with van der Waals surface area (Å²) in [6.07, 6.45) is 5.33. The summed E-state index contributed by atoms with van der Waals surface area (Å²) >= 11 is 0. The summed E-state index contributed by atoms with van der Waals surface area (Å²) in [6.45, 7) is 3.70. The fourth-order valence-corrected chi connectivity index (χ4v) is 3.88. The highest BCUT2D eigenvalue weighted by Gasteiger charge is 2.34. The average Bonchev–Trinajstić information content (AvgIpc) is 3.02. The van der Waals surface area contributed by atoms with Gasteiger partial charge in [0.15, 0.2) is 0 Å². The van der Waals surface area contributed by atoms with E-state index in [2.05, 4.69) is 15.5 Å². The maximum Gasteiger partial charge on any atom is 0.329 e. The molecule has 7 nitrogen and oxygen atoms in total. The van der Waals surface area contributed by atoms with E-state index in [0.717, 1.165) is 34.8 Å². The van der Waals surface area contributed by atoms with Crippen LogP contribution in [0.15, 0.2) is 54.2 Å². The lowest BCUT2D eigenvalue weighted by Crippen LogP contribution is -2.38. The maximum absolute atomic E-state index is 12.7. The highest BCUT2D eigenvalue weighted by Crippen LogP contribution is 2.22. The fraction of sp³-hybridized carbons (Fsp3) is 0.292. The molecule has 31 heavy (non-hydrogen) atoms. The van der Waals surface area contributed by atoms with Crippen LogP contribution in [0, 0.1) is 6.92 Å². The van der Waals surface area contributed by atoms with Crippen LogP contribution < -0.4 is 15.5 Å². The number of carbonyl (C=O) groups excluding carboxylic acids is 3. The van der Waals surface area contributed by atoms with E-state index >= 15 is 0 Å². The van der Waals surface area contributed by atoms with Crippen molar-refractivity contribution in [1.82, 2.24) is 10.2 Å². The number of carbonyl (C=O) groups is 3. The molecule has 2 N–H and O–H groups in total. The van der Waals surface area contributed by atoms with E-state index in [1.807, 2.05) is 49.4 Å². The van der Waals surface area contributed by atoms with Crippen molar-refractivity contribution in [2.24, 2.45) is 0 Å². The van der Waals surface area contributed by atoms with Gasteiger partial charge in [0.05, 0.1) is 0 Å². The first-order chi connectivity index (χ1) is 15.0. The zero-order valence-electron chi connectivity index (χ0n) is 17.6. The number of imide groups is 1. The van der Waals surface area contributed by atoms with Crippen molar-refractivity contribution in [2.75, 3.05) is 29.9 Å². The second kappa shape index (κ2) is 9.04. The quantitative estimate of drug-likeness (QED) is 0.575. The van der Waals surface area contributed by atoms with Crippen LogP contribution in [0.5, 0.6) is 0 Å². The normalized spacial score (nSPS) is 17.8. The SMILES string of the molecule is Cc1cccc(NC(=O)CN2C(=O)N/C(=C/c3ccc(N4CCCCC4)cc3)C2=O)c1. The number of urea groups is 1. The number of hydrogen-bond donors (Lipinski definition) is 2. The Labute approximate surface area is 181 Å². The Morgan fingerprint density at radius 3 is 2.52 bits per heavy atom. The van der Waals surface area contributed by atoms with Crippen LogP contribution in [-0.2, 0) is 9.59 Å². The Balaban J connectivity index is 1.40. The minimum Gasteiger partial charge on any atom is -0.372 e. The summed E-state index contributed by atoms with van der Waals surface area (Å²) in [4.78, 5) is 40.5. The molecule has 0 aromatic heterocycles. The van der Waals surface area contributed by atoms with E-state index < -0.39 is 17.8 Å². The van der Waals surface area contributed by atoms with Gasteiger partial charge in [0.25, 0.3) is 5.91 Å². The average molecular weight is 418 g/mol. The number of nitrogens with one attached hydrogen (secondary N) is 2. The number of nitrogens with zero attached hydrogens (tertiary/aromatic N) is 2. The molecule has 160 valence electrons. The summed E-state index contributed by atoms with van der Waals surface area (Å²) in [5.74, 6) is -0.939. The van der Waals surface area contributed by atoms with E-state index in [-0.39, 0.29) is 12.2 Å². The van der Waals surface area contributed by atoms with Gasteiger partial charge in [0.1, 0.15) is 12.2 Å². The number of piperidine rings is 1. The van der Waals surface area contributed by atoms with Crippen molar-refractivity contribution in [3.05, 3.63) is 65.4 Å². The van der Waals surface area contributed by atoms with Crippen LogP contribution >= 0.6 is 0 Å². The molecule has 2 aromatic carbocycles. The summed E-state index contributed by atoms with van der Waals surface area (Å²) < 4.78 is 0. The lowest BCUT2D eigenvalue weighted by Gasteiger charge is -2.28. The second-order valence-electron chi connectivity index (χ2n) is 7.94. The van der Waals surface area contributed by atoms with Crippen molar-refractivity contribution >= 4 is 35.3 Å². The Bertz CT molecular complexity index is 1020. The molecule has 0 unspecified atom stereocenters. The Hall–Kier alpha value is -3.61. The van der Waals surface area contributed by atoms with Crippen LogP contribution in [0.25, 0.3) is 6.08 Å². The lowest BCUT2D eigenvalue weighted by atomic mass is 10.1. The number of amides is 4. The maximum atomic E-state index is 12.7. The van der Waals surface area contributed by atoms with Crippen LogP contribution in [-0.4, -0.2) is 42.4 Å². The molecular formula is C24H26N4O3. The number of aryl methyl sites for hydroxylation is 1. The summed E-state index contributed by atoms with van der Waals surface area (Å²) in [5.41, 5.74) is 3.78. The summed E-state index contributed by atoms with van der Waals surface area (Å²) in [6, 6.07) is 14.7. The molecule has 2 aliphatic rings. The van der Waals surface area contributed by atoms with Crippen molar-refractivity contribution in [1.29, 1.82) is 0 Å². The van der Waals surface area contributed by atoms with Crippen LogP contribution in [0.2, 0.25) is 0 Å². The van der Waals surface area contributed by atoms with E-state index in [1.165, 1.54) is 19.3 Å². The molecule has 7 heteroatoms. The highest BCUT2D eigenvalue weighted by atomic mass is 16.2. The first kappa shape index (κ1) is 20.7. The highest BCUT2D eigenvalue weighted by molar-refractivity contribution is 6.15. The van der Waals surface area contributed by atoms with Crippen LogP contribution in [0.3, 0.4) is 0 Å². The topological polar surface area (TPSA) is 81.8 Å². The van der Waals surface area contributed by atoms with Gasteiger partial charge in [-0.15, -0.1) is 0 Å². The predicted molar refractivity (Wildman–Crippen MR) is 121 cm³/mol. The summed E-state index contributed by atoms with van der Waals surface area (Å²) in [5, 5.41) is 5.28. The van der Waals surface area contributed by atoms with Gasteiger partial charge in [-0.3, -0.25) is 9.59 Å². The van der Waals surface area contributed by atoms with Gasteiger partial charge in [-0.1, -0.05) is 24.3 Å². The van der Waals surface area contributed by atoms with E-state index in [0.29, 0.717) is 5.69 Å². The Morgan fingerprint density at radius 2 is 1.81 bits per heavy atom. The van der Waals surface area contributed by atoms with Gasteiger partial charge >= 0.3 is 6.03 Å². The van der Waals surface area contributed by atoms with E-state index in [4.69, 9.17) is 0 Å². The molecule has 2 aromatic rings. The molecule has 2 fully saturated rings. The van der Waals surface area contributed by atoms with E-state index in [1.54, 1.807) is 12.1 Å². The largest absolute Gasteiger partial charge is 0.372 e. The standard InChI is InChI=1S/C24H26N4O3/c1-17-6-5-7-19(14-17)25-22(29)16-28-23(30)21(26-24(28)31)15-18-8-10-20(11-9-18)27-12-3-2-4-13-27/h5-11,14-15H,2-4,12-13,16H2,1H3,(H,25,29)(H,26,31)/b21-15+. The molecule has 2 heterocycles. The van der Waals surface area contributed by atoms with Crippen molar-refractivity contribution in [3.63, 3.8) is 0 Å². The van der Waals surface area contributed by atoms with Gasteiger partial charge in [0, 0.05) is 24.5 Å². The van der Waals surface area contributed by atoms with Gasteiger partial charge in [-0.25, -0.2) is 9.69 Å². The number of anilines is 2. The molecule has 2 aliphatic heterocycles. The number of rotatable bonds is 5. The molecule has 0 atom stereocenters. The number of benzene rings is 2. The van der Waals surface area contributed by atoms with Gasteiger partial charge in [-0.2, -0.15) is 0 Å². The predicted octanol–water partition coefficient (Wildman–Crippen LogP) is 3.52. The zero-order chi connectivity index (χ0) is 21.8. The molecular weight excluding hydrogens is 392 g/mol. The second-order valence-corrected chi connectivity index (χ2v) is 7.94. The van der Waals surface area contributed by atoms with Crippen molar-refractivity contribution in [2.45, 2.75) is 26.2 Å². The first-order valence-corrected chi connectivity index (χ1v) is 10.6. The van der Waals surface area contributed by atoms with Gasteiger partial charge in [0.2, 0.25) is 5.91 Å². The van der Waals surface area contributed by atoms with Crippen molar-refractivity contribution in [3.8, 4) is 0 Å². The third-order valence-corrected chi connectivity index (χ3v) is 5.49. The molecule has 4 rings (SSSR count). The first-order valence-electron chi connectivity index (χ1n) is 10.6. The monoisotopic (exact) mass is 418 g/mol. The molecule has 0 saturated carbocycles. The fourth-order valence-electron chi connectivity index (χ4n) is 3.88. The van der Waals surface area contributed by atoms with Crippen molar-refractivity contribution < 1.29 is 14.4 Å². The summed E-state index contributed by atoms with van der Waals surface area (Å²) in [7, 11) is 0. The van der Waals surface area contributed by atoms with Gasteiger partial charge < -0.3 is 15.5 Å². The molecule has 0 aliphatic carbocycles. The minimum atomic E-state index is -0.597. The third kappa shape index (κ3) is 4.94. The third-order valence-electron chi connectivity index (χ3n) is 5.49. The molecule has 0 spiro atoms. The Kier molecular flexibility index (Phi) is 6.02. The van der Waals surface area contributed by atoms with E-state index in [9.17, 15) is 14.4 Å². The van der Waals surface area contributed by atoms with Crippen LogP contribution in [0.1, 0.15) is 30.4 Å². The molecule has 0 radical (unpaired) electrons. The van der Waals surface area contributed by atoms with Gasteiger partial charge in [-0.05, 0) is 67.7 Å². The Morgan fingerprint density at radius 1 is 1.06 bits per heavy atom. The zero-order valence-corrected chi connectivity index (χ0v) is 17.6. The molecule has 4 amide bonds.